The van der Waals surface area contributed by atoms with E-state index in [1.54, 1.807) is 19.2 Å². The standard InChI is InChI=1S/C15H16N2O3/c1-17(7-3-6-16)10-11-8-15(18)20-14-5-4-12(19-2)9-13(11)14/h4-5,8-9H,3,7,10H2,1-2H3. The second kappa shape index (κ2) is 6.22. The SMILES string of the molecule is COc1ccc2oc(=O)cc(CN(C)CCC#N)c2c1. The fraction of sp³-hybridized carbons (Fsp3) is 0.333. The maximum absolute atomic E-state index is 11.6. The smallest absolute Gasteiger partial charge is 0.336 e. The summed E-state index contributed by atoms with van der Waals surface area (Å²) in [5, 5.41) is 9.46. The van der Waals surface area contributed by atoms with Crippen LogP contribution in [0.15, 0.2) is 33.5 Å². The van der Waals surface area contributed by atoms with Gasteiger partial charge in [0.15, 0.2) is 0 Å². The summed E-state index contributed by atoms with van der Waals surface area (Å²) >= 11 is 0. The first-order chi connectivity index (χ1) is 9.63. The molecule has 20 heavy (non-hydrogen) atoms. The van der Waals surface area contributed by atoms with E-state index in [2.05, 4.69) is 6.07 Å². The predicted octanol–water partition coefficient (Wildman–Crippen LogP) is 2.15. The fourth-order valence-electron chi connectivity index (χ4n) is 2.08. The molecular formula is C15H16N2O3. The topological polar surface area (TPSA) is 66.5 Å². The quantitative estimate of drug-likeness (QED) is 0.780. The summed E-state index contributed by atoms with van der Waals surface area (Å²) in [6, 6.07) is 8.94. The van der Waals surface area contributed by atoms with E-state index in [1.165, 1.54) is 6.07 Å². The molecule has 0 radical (unpaired) electrons. The minimum Gasteiger partial charge on any atom is -0.497 e. The molecule has 2 aromatic rings. The molecule has 1 aromatic heterocycles. The fourth-order valence-corrected chi connectivity index (χ4v) is 2.08. The van der Waals surface area contributed by atoms with Gasteiger partial charge in [0.05, 0.1) is 13.2 Å². The summed E-state index contributed by atoms with van der Waals surface area (Å²) < 4.78 is 10.4. The van der Waals surface area contributed by atoms with Gasteiger partial charge in [0, 0.05) is 31.0 Å². The van der Waals surface area contributed by atoms with Crippen molar-refractivity contribution in [3.05, 3.63) is 40.2 Å². The molecule has 0 aliphatic heterocycles. The van der Waals surface area contributed by atoms with Gasteiger partial charge in [-0.05, 0) is 30.8 Å². The van der Waals surface area contributed by atoms with E-state index < -0.39 is 0 Å². The van der Waals surface area contributed by atoms with Crippen LogP contribution in [0.3, 0.4) is 0 Å². The van der Waals surface area contributed by atoms with Crippen LogP contribution in [0, 0.1) is 11.3 Å². The number of rotatable bonds is 5. The Labute approximate surface area is 117 Å². The molecule has 5 heteroatoms. The lowest BCUT2D eigenvalue weighted by Crippen LogP contribution is -2.19. The Hall–Kier alpha value is -2.32. The molecule has 0 amide bonds. The molecule has 0 spiro atoms. The van der Waals surface area contributed by atoms with E-state index in [4.69, 9.17) is 14.4 Å². The van der Waals surface area contributed by atoms with Crippen molar-refractivity contribution in [2.45, 2.75) is 13.0 Å². The highest BCUT2D eigenvalue weighted by atomic mass is 16.5. The van der Waals surface area contributed by atoms with Gasteiger partial charge < -0.3 is 14.1 Å². The molecule has 2 rings (SSSR count). The molecule has 0 aliphatic rings. The number of methoxy groups -OCH3 is 1. The normalized spacial score (nSPS) is 10.7. The average Bonchev–Trinajstić information content (AvgIpc) is 2.44. The number of nitriles is 1. The van der Waals surface area contributed by atoms with E-state index in [0.717, 1.165) is 10.9 Å². The van der Waals surface area contributed by atoms with Gasteiger partial charge in [0.25, 0.3) is 0 Å². The molecule has 0 saturated heterocycles. The van der Waals surface area contributed by atoms with Gasteiger partial charge in [-0.1, -0.05) is 0 Å². The second-order valence-corrected chi connectivity index (χ2v) is 4.60. The lowest BCUT2D eigenvalue weighted by atomic mass is 10.1. The van der Waals surface area contributed by atoms with Crippen LogP contribution in [-0.4, -0.2) is 25.6 Å². The van der Waals surface area contributed by atoms with Crippen LogP contribution >= 0.6 is 0 Å². The predicted molar refractivity (Wildman–Crippen MR) is 75.6 cm³/mol. The third-order valence-corrected chi connectivity index (χ3v) is 3.08. The molecule has 104 valence electrons. The van der Waals surface area contributed by atoms with E-state index in [0.29, 0.717) is 30.8 Å². The van der Waals surface area contributed by atoms with E-state index in [-0.39, 0.29) is 5.63 Å². The Morgan fingerprint density at radius 2 is 2.20 bits per heavy atom. The van der Waals surface area contributed by atoms with Crippen molar-refractivity contribution in [2.75, 3.05) is 20.7 Å². The van der Waals surface area contributed by atoms with E-state index in [9.17, 15) is 4.79 Å². The Balaban J connectivity index is 2.40. The molecule has 0 saturated carbocycles. The monoisotopic (exact) mass is 272 g/mol. The van der Waals surface area contributed by atoms with Crippen molar-refractivity contribution in [1.82, 2.24) is 4.90 Å². The average molecular weight is 272 g/mol. The first-order valence-electron chi connectivity index (χ1n) is 6.30. The van der Waals surface area contributed by atoms with Crippen molar-refractivity contribution < 1.29 is 9.15 Å². The van der Waals surface area contributed by atoms with Crippen LogP contribution in [0.4, 0.5) is 0 Å². The zero-order chi connectivity index (χ0) is 14.5. The van der Waals surface area contributed by atoms with Crippen molar-refractivity contribution in [2.24, 2.45) is 0 Å². The van der Waals surface area contributed by atoms with Gasteiger partial charge >= 0.3 is 5.63 Å². The van der Waals surface area contributed by atoms with Crippen molar-refractivity contribution in [3.8, 4) is 11.8 Å². The van der Waals surface area contributed by atoms with Crippen LogP contribution in [0.2, 0.25) is 0 Å². The lowest BCUT2D eigenvalue weighted by molar-refractivity contribution is 0.335. The van der Waals surface area contributed by atoms with Crippen molar-refractivity contribution in [1.29, 1.82) is 5.26 Å². The van der Waals surface area contributed by atoms with Crippen LogP contribution in [-0.2, 0) is 6.54 Å². The van der Waals surface area contributed by atoms with Crippen LogP contribution in [0.1, 0.15) is 12.0 Å². The largest absolute Gasteiger partial charge is 0.497 e. The van der Waals surface area contributed by atoms with Gasteiger partial charge in [-0.15, -0.1) is 0 Å². The summed E-state index contributed by atoms with van der Waals surface area (Å²) in [6.07, 6.45) is 0.458. The number of hydrogen-bond acceptors (Lipinski definition) is 5. The first kappa shape index (κ1) is 14.1. The Bertz CT molecular complexity index is 700. The number of benzene rings is 1. The Morgan fingerprint density at radius 3 is 2.90 bits per heavy atom. The molecule has 0 N–H and O–H groups in total. The maximum atomic E-state index is 11.6. The van der Waals surface area contributed by atoms with Gasteiger partial charge in [-0.25, -0.2) is 4.79 Å². The molecule has 5 nitrogen and oxygen atoms in total. The summed E-state index contributed by atoms with van der Waals surface area (Å²) in [5.74, 6) is 0.715. The van der Waals surface area contributed by atoms with Crippen LogP contribution < -0.4 is 10.4 Å². The highest BCUT2D eigenvalue weighted by Crippen LogP contribution is 2.23. The summed E-state index contributed by atoms with van der Waals surface area (Å²) in [7, 11) is 3.51. The Kier molecular flexibility index (Phi) is 4.38. The number of ether oxygens (including phenoxy) is 1. The first-order valence-corrected chi connectivity index (χ1v) is 6.30. The third-order valence-electron chi connectivity index (χ3n) is 3.08. The maximum Gasteiger partial charge on any atom is 0.336 e. The molecule has 0 bridgehead atoms. The van der Waals surface area contributed by atoms with Gasteiger partial charge in [0.1, 0.15) is 11.3 Å². The zero-order valence-corrected chi connectivity index (χ0v) is 11.5. The number of hydrogen-bond donors (Lipinski definition) is 0. The summed E-state index contributed by atoms with van der Waals surface area (Å²) in [4.78, 5) is 13.6. The minimum absolute atomic E-state index is 0.369. The Morgan fingerprint density at radius 1 is 1.40 bits per heavy atom. The molecule has 1 heterocycles. The molecule has 0 fully saturated rings. The van der Waals surface area contributed by atoms with Gasteiger partial charge in [0.2, 0.25) is 0 Å². The second-order valence-electron chi connectivity index (χ2n) is 4.60. The molecule has 1 aromatic carbocycles. The highest BCUT2D eigenvalue weighted by molar-refractivity contribution is 5.81. The lowest BCUT2D eigenvalue weighted by Gasteiger charge is -2.16. The molecule has 0 unspecified atom stereocenters. The zero-order valence-electron chi connectivity index (χ0n) is 11.5. The van der Waals surface area contributed by atoms with Crippen LogP contribution in [0.5, 0.6) is 5.75 Å². The summed E-state index contributed by atoms with van der Waals surface area (Å²) in [6.45, 7) is 1.24. The highest BCUT2D eigenvalue weighted by Gasteiger charge is 2.09. The third kappa shape index (κ3) is 3.16. The number of nitrogens with zero attached hydrogens (tertiary/aromatic N) is 2. The van der Waals surface area contributed by atoms with Gasteiger partial charge in [-0.3, -0.25) is 0 Å². The van der Waals surface area contributed by atoms with E-state index in [1.807, 2.05) is 18.0 Å². The van der Waals surface area contributed by atoms with Crippen molar-refractivity contribution >= 4 is 11.0 Å². The molecule has 0 atom stereocenters. The molecule has 0 aliphatic carbocycles. The van der Waals surface area contributed by atoms with E-state index >= 15 is 0 Å². The van der Waals surface area contributed by atoms with Crippen molar-refractivity contribution in [3.63, 3.8) is 0 Å². The summed E-state index contributed by atoms with van der Waals surface area (Å²) in [5.41, 5.74) is 1.05. The molecular weight excluding hydrogens is 256 g/mol. The number of fused-ring (bicyclic) bond motifs is 1. The van der Waals surface area contributed by atoms with Gasteiger partial charge in [-0.2, -0.15) is 5.26 Å². The van der Waals surface area contributed by atoms with Crippen LogP contribution in [0.25, 0.3) is 11.0 Å². The minimum atomic E-state index is -0.369.